The molecule has 5 nitrogen and oxygen atoms in total. The number of rotatable bonds is 3. The molecule has 0 unspecified atom stereocenters. The molecule has 1 heterocycles. The number of hydrogen-bond donors (Lipinski definition) is 1. The van der Waals surface area contributed by atoms with Crippen molar-refractivity contribution in [2.45, 2.75) is 18.9 Å². The maximum absolute atomic E-state index is 12.2. The van der Waals surface area contributed by atoms with Crippen LogP contribution in [0, 0.1) is 0 Å². The Balaban J connectivity index is 1.94. The van der Waals surface area contributed by atoms with Crippen molar-refractivity contribution in [3.05, 3.63) is 35.4 Å². The Hall–Kier alpha value is -2.30. The first-order chi connectivity index (χ1) is 9.61. The quantitative estimate of drug-likeness (QED) is 0.515. The molecular weight excluding hydrogens is 258 g/mol. The molecule has 1 saturated heterocycles. The zero-order valence-corrected chi connectivity index (χ0v) is 11.1. The van der Waals surface area contributed by atoms with Crippen LogP contribution in [0.4, 0.5) is 0 Å². The average molecular weight is 273 g/mol. The van der Waals surface area contributed by atoms with Gasteiger partial charge in [0.05, 0.1) is 13.7 Å². The van der Waals surface area contributed by atoms with Gasteiger partial charge in [0.1, 0.15) is 17.1 Å². The van der Waals surface area contributed by atoms with Gasteiger partial charge in [-0.3, -0.25) is 9.59 Å². The predicted molar refractivity (Wildman–Crippen MR) is 72.3 cm³/mol. The fourth-order valence-corrected chi connectivity index (χ4v) is 2.38. The normalized spacial score (nSPS) is 21.4. The first kappa shape index (κ1) is 12.7. The smallest absolute Gasteiger partial charge is 0.262 e. The molecular formula is C15H15NO4. The number of hydrogen-bond acceptors (Lipinski definition) is 4. The Bertz CT molecular complexity index is 599. The van der Waals surface area contributed by atoms with Crippen molar-refractivity contribution in [1.82, 2.24) is 4.90 Å². The lowest BCUT2D eigenvalue weighted by molar-refractivity contribution is -0.125. The van der Waals surface area contributed by atoms with Crippen LogP contribution in [0.3, 0.4) is 0 Å². The molecule has 1 N–H and O–H groups in total. The third-order valence-electron chi connectivity index (χ3n) is 3.66. The molecule has 2 fully saturated rings. The third-order valence-corrected chi connectivity index (χ3v) is 3.66. The first-order valence-electron chi connectivity index (χ1n) is 6.53. The molecule has 0 bridgehead atoms. The first-order valence-corrected chi connectivity index (χ1v) is 6.53. The van der Waals surface area contributed by atoms with Crippen molar-refractivity contribution in [3.8, 4) is 5.75 Å². The van der Waals surface area contributed by atoms with E-state index < -0.39 is 0 Å². The van der Waals surface area contributed by atoms with Crippen LogP contribution in [-0.4, -0.2) is 41.4 Å². The number of nitrogens with zero attached hydrogens (tertiary/aromatic N) is 1. The molecule has 1 saturated carbocycles. The third kappa shape index (κ3) is 2.05. The van der Waals surface area contributed by atoms with Crippen LogP contribution in [0.1, 0.15) is 18.4 Å². The van der Waals surface area contributed by atoms with Crippen LogP contribution in [0.5, 0.6) is 5.75 Å². The Labute approximate surface area is 116 Å². The second-order valence-electron chi connectivity index (χ2n) is 5.04. The van der Waals surface area contributed by atoms with E-state index in [4.69, 9.17) is 4.74 Å². The molecule has 1 amide bonds. The Kier molecular flexibility index (Phi) is 2.97. The number of aliphatic hydroxyl groups excluding tert-OH is 1. The van der Waals surface area contributed by atoms with E-state index in [2.05, 4.69) is 0 Å². The fourth-order valence-electron chi connectivity index (χ4n) is 2.38. The van der Waals surface area contributed by atoms with Gasteiger partial charge in [-0.1, -0.05) is 0 Å². The van der Waals surface area contributed by atoms with E-state index in [9.17, 15) is 14.7 Å². The minimum Gasteiger partial charge on any atom is -0.506 e. The van der Waals surface area contributed by atoms with Crippen LogP contribution in [-0.2, 0) is 9.59 Å². The van der Waals surface area contributed by atoms with E-state index in [1.165, 1.54) is 0 Å². The number of aliphatic hydroxyl groups is 1. The predicted octanol–water partition coefficient (Wildman–Crippen LogP) is 1.54. The van der Waals surface area contributed by atoms with Gasteiger partial charge >= 0.3 is 0 Å². The topological polar surface area (TPSA) is 66.8 Å². The number of methoxy groups -OCH3 is 1. The van der Waals surface area contributed by atoms with Crippen LogP contribution in [0.15, 0.2) is 29.8 Å². The Morgan fingerprint density at radius 3 is 2.45 bits per heavy atom. The molecule has 5 heteroatoms. The summed E-state index contributed by atoms with van der Waals surface area (Å²) < 4.78 is 5.03. The molecule has 3 rings (SSSR count). The van der Waals surface area contributed by atoms with E-state index in [0.717, 1.165) is 12.8 Å². The minimum atomic E-state index is -0.356. The average Bonchev–Trinajstić information content (AvgIpc) is 3.25. The van der Waals surface area contributed by atoms with Crippen molar-refractivity contribution >= 4 is 17.4 Å². The molecule has 1 aliphatic heterocycles. The van der Waals surface area contributed by atoms with Crippen LogP contribution in [0.2, 0.25) is 0 Å². The molecule has 104 valence electrons. The van der Waals surface area contributed by atoms with Crippen LogP contribution >= 0.6 is 0 Å². The van der Waals surface area contributed by atoms with Crippen molar-refractivity contribution in [2.75, 3.05) is 13.7 Å². The lowest BCUT2D eigenvalue weighted by Gasteiger charge is -2.12. The lowest BCUT2D eigenvalue weighted by Crippen LogP contribution is -2.27. The highest BCUT2D eigenvalue weighted by Gasteiger charge is 2.43. The summed E-state index contributed by atoms with van der Waals surface area (Å²) in [5, 5.41) is 10.2. The number of benzene rings is 1. The van der Waals surface area contributed by atoms with Gasteiger partial charge in [-0.2, -0.15) is 0 Å². The van der Waals surface area contributed by atoms with Gasteiger partial charge in [-0.05, 0) is 37.1 Å². The summed E-state index contributed by atoms with van der Waals surface area (Å²) in [5.74, 6) is -0.262. The Morgan fingerprint density at radius 2 is 1.90 bits per heavy atom. The summed E-state index contributed by atoms with van der Waals surface area (Å²) >= 11 is 0. The summed E-state index contributed by atoms with van der Waals surface area (Å²) in [6.07, 6.45) is 1.88. The molecule has 20 heavy (non-hydrogen) atoms. The molecule has 1 aliphatic carbocycles. The number of amides is 1. The fraction of sp³-hybridized carbons (Fsp3) is 0.333. The standard InChI is InChI=1S/C15H15NO4/c1-20-11-6-2-9(3-7-11)14(18)13-12(17)8-16(15(13)19)10-4-5-10/h2-3,6-7,10,18H,4-5,8H2,1H3/b14-13+. The summed E-state index contributed by atoms with van der Waals surface area (Å²) in [5.41, 5.74) is 0.349. The van der Waals surface area contributed by atoms with Gasteiger partial charge in [0.25, 0.3) is 5.91 Å². The van der Waals surface area contributed by atoms with E-state index >= 15 is 0 Å². The molecule has 0 spiro atoms. The Morgan fingerprint density at radius 1 is 1.25 bits per heavy atom. The SMILES string of the molecule is COc1ccc(/C(O)=C2/C(=O)CN(C3CC3)C2=O)cc1. The number of carbonyl (C=O) groups is 2. The number of carbonyl (C=O) groups excluding carboxylic acids is 2. The highest BCUT2D eigenvalue weighted by atomic mass is 16.5. The van der Waals surface area contributed by atoms with Crippen molar-refractivity contribution < 1.29 is 19.4 Å². The highest BCUT2D eigenvalue weighted by molar-refractivity contribution is 6.28. The van der Waals surface area contributed by atoms with E-state index in [0.29, 0.717) is 11.3 Å². The van der Waals surface area contributed by atoms with Crippen molar-refractivity contribution in [1.29, 1.82) is 0 Å². The number of ketones is 1. The van der Waals surface area contributed by atoms with Gasteiger partial charge in [-0.25, -0.2) is 0 Å². The monoisotopic (exact) mass is 273 g/mol. The molecule has 0 radical (unpaired) electrons. The number of likely N-dealkylation sites (tertiary alicyclic amines) is 1. The van der Waals surface area contributed by atoms with Crippen molar-refractivity contribution in [3.63, 3.8) is 0 Å². The largest absolute Gasteiger partial charge is 0.506 e. The maximum atomic E-state index is 12.2. The van der Waals surface area contributed by atoms with Crippen LogP contribution < -0.4 is 4.74 Å². The second-order valence-corrected chi connectivity index (χ2v) is 5.04. The van der Waals surface area contributed by atoms with E-state index in [-0.39, 0.29) is 35.6 Å². The second kappa shape index (κ2) is 4.67. The number of Topliss-reactive ketones (excluding diaryl/α,β-unsaturated/α-hetero) is 1. The molecule has 2 aliphatic rings. The van der Waals surface area contributed by atoms with Gasteiger partial charge in [0.15, 0.2) is 5.78 Å². The number of ether oxygens (including phenoxy) is 1. The molecule has 1 aromatic rings. The molecule has 0 atom stereocenters. The summed E-state index contributed by atoms with van der Waals surface area (Å²) in [6, 6.07) is 6.78. The van der Waals surface area contributed by atoms with Gasteiger partial charge in [-0.15, -0.1) is 0 Å². The zero-order valence-electron chi connectivity index (χ0n) is 11.1. The van der Waals surface area contributed by atoms with Crippen LogP contribution in [0.25, 0.3) is 5.76 Å². The van der Waals surface area contributed by atoms with Crippen molar-refractivity contribution in [2.24, 2.45) is 0 Å². The van der Waals surface area contributed by atoms with E-state index in [1.807, 2.05) is 0 Å². The summed E-state index contributed by atoms with van der Waals surface area (Å²) in [6.45, 7) is 0.0824. The maximum Gasteiger partial charge on any atom is 0.262 e. The van der Waals surface area contributed by atoms with Gasteiger partial charge in [0, 0.05) is 11.6 Å². The highest BCUT2D eigenvalue weighted by Crippen LogP contribution is 2.33. The van der Waals surface area contributed by atoms with Gasteiger partial charge < -0.3 is 14.7 Å². The van der Waals surface area contributed by atoms with Gasteiger partial charge in [0.2, 0.25) is 0 Å². The molecule has 1 aromatic carbocycles. The molecule has 0 aromatic heterocycles. The summed E-state index contributed by atoms with van der Waals surface area (Å²) in [4.78, 5) is 25.7. The lowest BCUT2D eigenvalue weighted by atomic mass is 10.1. The van der Waals surface area contributed by atoms with E-state index in [1.54, 1.807) is 36.3 Å². The minimum absolute atomic E-state index is 0.0824. The zero-order chi connectivity index (χ0) is 14.3. The summed E-state index contributed by atoms with van der Waals surface area (Å²) in [7, 11) is 1.55.